The number of halogens is 2. The van der Waals surface area contributed by atoms with Crippen molar-refractivity contribution in [2.24, 2.45) is 5.92 Å². The van der Waals surface area contributed by atoms with Gasteiger partial charge in [-0.05, 0) is 63.8 Å². The van der Waals surface area contributed by atoms with Gasteiger partial charge in [0.25, 0.3) is 0 Å². The fourth-order valence-electron chi connectivity index (χ4n) is 2.86. The molecule has 0 bridgehead atoms. The van der Waals surface area contributed by atoms with E-state index in [-0.39, 0.29) is 18.6 Å². The van der Waals surface area contributed by atoms with Crippen LogP contribution < -0.4 is 5.32 Å². The predicted molar refractivity (Wildman–Crippen MR) is 90.3 cm³/mol. The molecule has 0 radical (unpaired) electrons. The van der Waals surface area contributed by atoms with Crippen molar-refractivity contribution in [2.45, 2.75) is 45.8 Å². The number of carbonyl (C=O) groups excluding carboxylic acids is 1. The zero-order chi connectivity index (χ0) is 18.6. The van der Waals surface area contributed by atoms with Crippen LogP contribution in [0.2, 0.25) is 0 Å². The molecule has 1 unspecified atom stereocenters. The zero-order valence-corrected chi connectivity index (χ0v) is 14.9. The second-order valence-electron chi connectivity index (χ2n) is 7.47. The Kier molecular flexibility index (Phi) is 6.21. The molecule has 0 saturated carbocycles. The van der Waals surface area contributed by atoms with Crippen molar-refractivity contribution in [3.8, 4) is 5.75 Å². The Balaban J connectivity index is 1.82. The Hall–Kier alpha value is -1.89. The van der Waals surface area contributed by atoms with E-state index < -0.39 is 23.0 Å². The molecule has 1 amide bonds. The third-order valence-electron chi connectivity index (χ3n) is 4.01. The highest BCUT2D eigenvalue weighted by molar-refractivity contribution is 5.68. The second kappa shape index (κ2) is 7.99. The fraction of sp³-hybridized carbons (Fsp3) is 0.611. The van der Waals surface area contributed by atoms with Gasteiger partial charge >= 0.3 is 6.09 Å². The van der Waals surface area contributed by atoms with Crippen LogP contribution in [-0.4, -0.2) is 41.3 Å². The van der Waals surface area contributed by atoms with E-state index in [2.05, 4.69) is 5.32 Å². The minimum atomic E-state index is -0.967. The van der Waals surface area contributed by atoms with Crippen LogP contribution in [0.4, 0.5) is 13.6 Å². The average molecular weight is 356 g/mol. The molecule has 7 heteroatoms. The summed E-state index contributed by atoms with van der Waals surface area (Å²) in [5.74, 6) is -2.63. The van der Waals surface area contributed by atoms with Crippen LogP contribution in [0.1, 0.15) is 39.2 Å². The molecule has 140 valence electrons. The van der Waals surface area contributed by atoms with E-state index in [1.54, 1.807) is 4.90 Å². The minimum Gasteiger partial charge on any atom is -0.503 e. The molecule has 1 aromatic carbocycles. The number of amides is 1. The van der Waals surface area contributed by atoms with Crippen LogP contribution in [0.3, 0.4) is 0 Å². The first-order valence-corrected chi connectivity index (χ1v) is 8.51. The third kappa shape index (κ3) is 5.85. The Morgan fingerprint density at radius 1 is 1.36 bits per heavy atom. The van der Waals surface area contributed by atoms with Gasteiger partial charge < -0.3 is 20.1 Å². The lowest BCUT2D eigenvalue weighted by molar-refractivity contribution is 0.0166. The summed E-state index contributed by atoms with van der Waals surface area (Å²) in [6.45, 7) is 7.71. The average Bonchev–Trinajstić information content (AvgIpc) is 2.51. The van der Waals surface area contributed by atoms with E-state index in [0.717, 1.165) is 25.0 Å². The monoisotopic (exact) mass is 356 g/mol. The normalized spacial score (nSPS) is 18.3. The Morgan fingerprint density at radius 2 is 2.00 bits per heavy atom. The number of phenols is 1. The molecule has 5 nitrogen and oxygen atoms in total. The van der Waals surface area contributed by atoms with Crippen LogP contribution in [0, 0.1) is 17.6 Å². The first kappa shape index (κ1) is 19.4. The minimum absolute atomic E-state index is 0.257. The number of nitrogens with zero attached hydrogens (tertiary/aromatic N) is 1. The van der Waals surface area contributed by atoms with Gasteiger partial charge in [-0.2, -0.15) is 0 Å². The number of hydrogen-bond donors (Lipinski definition) is 2. The molecule has 1 aliphatic rings. The Bertz CT molecular complexity index is 594. The molecule has 1 aromatic rings. The molecule has 2 rings (SSSR count). The molecule has 0 aliphatic carbocycles. The van der Waals surface area contributed by atoms with Crippen LogP contribution in [0.15, 0.2) is 12.1 Å². The molecule has 0 aromatic heterocycles. The zero-order valence-electron chi connectivity index (χ0n) is 14.9. The number of phenolic OH excluding ortho intramolecular Hbond substituents is 1. The van der Waals surface area contributed by atoms with Crippen molar-refractivity contribution in [1.82, 2.24) is 10.2 Å². The van der Waals surface area contributed by atoms with E-state index in [1.807, 2.05) is 20.8 Å². The van der Waals surface area contributed by atoms with Crippen molar-refractivity contribution in [1.29, 1.82) is 0 Å². The van der Waals surface area contributed by atoms with Crippen molar-refractivity contribution in [2.75, 3.05) is 19.6 Å². The number of piperidine rings is 1. The van der Waals surface area contributed by atoms with Crippen LogP contribution in [0.25, 0.3) is 0 Å². The topological polar surface area (TPSA) is 61.8 Å². The van der Waals surface area contributed by atoms with Gasteiger partial charge in [-0.1, -0.05) is 0 Å². The lowest BCUT2D eigenvalue weighted by Gasteiger charge is -2.34. The van der Waals surface area contributed by atoms with E-state index in [0.29, 0.717) is 25.2 Å². The molecule has 1 atom stereocenters. The standard InChI is InChI=1S/C18H26F2N2O3/c1-18(2,3)25-17(24)22-6-4-5-12(11-22)9-21-10-13-7-14(19)16(23)15(20)8-13/h7-8,12,21,23H,4-6,9-11H2,1-3H3. The van der Waals surface area contributed by atoms with Gasteiger partial charge in [0.15, 0.2) is 17.4 Å². The molecule has 1 fully saturated rings. The lowest BCUT2D eigenvalue weighted by Crippen LogP contribution is -2.45. The predicted octanol–water partition coefficient (Wildman–Crippen LogP) is 3.41. The fourth-order valence-corrected chi connectivity index (χ4v) is 2.86. The smallest absolute Gasteiger partial charge is 0.410 e. The van der Waals surface area contributed by atoms with E-state index >= 15 is 0 Å². The molecular formula is C18H26F2N2O3. The van der Waals surface area contributed by atoms with Crippen molar-refractivity contribution < 1.29 is 23.4 Å². The maximum absolute atomic E-state index is 13.3. The molecule has 1 heterocycles. The summed E-state index contributed by atoms with van der Waals surface area (Å²) in [5.41, 5.74) is -0.0948. The second-order valence-corrected chi connectivity index (χ2v) is 7.47. The van der Waals surface area contributed by atoms with Gasteiger partial charge in [-0.15, -0.1) is 0 Å². The van der Waals surface area contributed by atoms with Crippen LogP contribution in [-0.2, 0) is 11.3 Å². The van der Waals surface area contributed by atoms with Crippen LogP contribution in [0.5, 0.6) is 5.75 Å². The number of benzene rings is 1. The highest BCUT2D eigenvalue weighted by Crippen LogP contribution is 2.22. The number of carbonyl (C=O) groups is 1. The number of ether oxygens (including phenoxy) is 1. The van der Waals surface area contributed by atoms with E-state index in [4.69, 9.17) is 9.84 Å². The highest BCUT2D eigenvalue weighted by atomic mass is 19.1. The first-order valence-electron chi connectivity index (χ1n) is 8.51. The Morgan fingerprint density at radius 3 is 2.60 bits per heavy atom. The quantitative estimate of drug-likeness (QED) is 0.868. The van der Waals surface area contributed by atoms with Crippen molar-refractivity contribution in [3.63, 3.8) is 0 Å². The summed E-state index contributed by atoms with van der Waals surface area (Å²) in [5, 5.41) is 12.3. The van der Waals surface area contributed by atoms with Gasteiger partial charge in [0.1, 0.15) is 5.60 Å². The Labute approximate surface area is 147 Å². The largest absolute Gasteiger partial charge is 0.503 e. The highest BCUT2D eigenvalue weighted by Gasteiger charge is 2.27. The van der Waals surface area contributed by atoms with Gasteiger partial charge in [-0.3, -0.25) is 0 Å². The van der Waals surface area contributed by atoms with E-state index in [1.165, 1.54) is 0 Å². The molecule has 0 spiro atoms. The molecule has 1 saturated heterocycles. The lowest BCUT2D eigenvalue weighted by atomic mass is 9.98. The van der Waals surface area contributed by atoms with Gasteiger partial charge in [0.05, 0.1) is 0 Å². The van der Waals surface area contributed by atoms with Crippen LogP contribution >= 0.6 is 0 Å². The van der Waals surface area contributed by atoms with E-state index in [9.17, 15) is 13.6 Å². The number of rotatable bonds is 4. The summed E-state index contributed by atoms with van der Waals surface area (Å²) < 4.78 is 32.0. The number of nitrogens with one attached hydrogen (secondary N) is 1. The summed E-state index contributed by atoms with van der Waals surface area (Å²) in [6.07, 6.45) is 1.57. The van der Waals surface area contributed by atoms with Crippen molar-refractivity contribution >= 4 is 6.09 Å². The molecular weight excluding hydrogens is 330 g/mol. The maximum Gasteiger partial charge on any atom is 0.410 e. The molecule has 2 N–H and O–H groups in total. The first-order chi connectivity index (χ1) is 11.7. The van der Waals surface area contributed by atoms with Gasteiger partial charge in [0.2, 0.25) is 0 Å². The van der Waals surface area contributed by atoms with Gasteiger partial charge in [-0.25, -0.2) is 13.6 Å². The summed E-state index contributed by atoms with van der Waals surface area (Å²) >= 11 is 0. The van der Waals surface area contributed by atoms with Crippen molar-refractivity contribution in [3.05, 3.63) is 29.3 Å². The van der Waals surface area contributed by atoms with Gasteiger partial charge in [0, 0.05) is 19.6 Å². The molecule has 25 heavy (non-hydrogen) atoms. The number of aromatic hydroxyl groups is 1. The number of hydrogen-bond acceptors (Lipinski definition) is 4. The summed E-state index contributed by atoms with van der Waals surface area (Å²) in [4.78, 5) is 13.8. The number of likely N-dealkylation sites (tertiary alicyclic amines) is 1. The SMILES string of the molecule is CC(C)(C)OC(=O)N1CCCC(CNCc2cc(F)c(O)c(F)c2)C1. The summed E-state index contributed by atoms with van der Waals surface area (Å²) in [7, 11) is 0. The summed E-state index contributed by atoms with van der Waals surface area (Å²) in [6, 6.07) is 2.22. The third-order valence-corrected chi connectivity index (χ3v) is 4.01. The maximum atomic E-state index is 13.3. The molecule has 1 aliphatic heterocycles.